The molecule has 0 saturated carbocycles. The molecule has 1 aliphatic heterocycles. The Morgan fingerprint density at radius 1 is 1.17 bits per heavy atom. The van der Waals surface area contributed by atoms with Crippen LogP contribution >= 0.6 is 11.3 Å². The summed E-state index contributed by atoms with van der Waals surface area (Å²) in [4.78, 5) is 17.4. The Bertz CT molecular complexity index is 1470. The first-order chi connectivity index (χ1) is 16.8. The predicted octanol–water partition coefficient (Wildman–Crippen LogP) is 5.24. The standard InChI is InChI=1S/C25H25N3O5S2/c1-16-10-12-28(13-11-16)35(30,31)19-8-6-17(7-9-19)24(29)27-25-26-20(15-34-25)22-14-18-4-3-5-21(32-2)23(18)33-22/h3-9,14-16H,10-13H2,1-2H3,(H,26,27,29). The van der Waals surface area contributed by atoms with E-state index in [4.69, 9.17) is 9.15 Å². The molecule has 0 spiro atoms. The Morgan fingerprint density at radius 2 is 1.91 bits per heavy atom. The van der Waals surface area contributed by atoms with Crippen LogP contribution in [0.5, 0.6) is 5.75 Å². The lowest BCUT2D eigenvalue weighted by Gasteiger charge is -2.29. The van der Waals surface area contributed by atoms with Crippen molar-refractivity contribution in [3.8, 4) is 17.2 Å². The third-order valence-electron chi connectivity index (χ3n) is 6.20. The number of hydrogen-bond acceptors (Lipinski definition) is 7. The normalized spacial score (nSPS) is 15.4. The average molecular weight is 512 g/mol. The average Bonchev–Trinajstić information content (AvgIpc) is 3.51. The van der Waals surface area contributed by atoms with Gasteiger partial charge >= 0.3 is 0 Å². The van der Waals surface area contributed by atoms with Gasteiger partial charge in [0.15, 0.2) is 22.2 Å². The van der Waals surface area contributed by atoms with Gasteiger partial charge in [0, 0.05) is 29.4 Å². The van der Waals surface area contributed by atoms with E-state index in [1.54, 1.807) is 12.5 Å². The number of hydrogen-bond donors (Lipinski definition) is 1. The molecule has 1 amide bonds. The molecule has 35 heavy (non-hydrogen) atoms. The number of sulfonamides is 1. The fraction of sp³-hybridized carbons (Fsp3) is 0.280. The molecule has 1 saturated heterocycles. The highest BCUT2D eigenvalue weighted by Gasteiger charge is 2.28. The first-order valence-corrected chi connectivity index (χ1v) is 13.6. The van der Waals surface area contributed by atoms with Crippen molar-refractivity contribution in [2.45, 2.75) is 24.7 Å². The zero-order chi connectivity index (χ0) is 24.6. The number of nitrogens with one attached hydrogen (secondary N) is 1. The molecule has 4 aromatic rings. The van der Waals surface area contributed by atoms with Crippen molar-refractivity contribution in [3.05, 3.63) is 59.5 Å². The lowest BCUT2D eigenvalue weighted by atomic mass is 10.0. The number of thiazole rings is 1. The Morgan fingerprint density at radius 3 is 2.63 bits per heavy atom. The maximum Gasteiger partial charge on any atom is 0.257 e. The van der Waals surface area contributed by atoms with Crippen LogP contribution in [0.25, 0.3) is 22.4 Å². The number of carbonyl (C=O) groups excluding carboxylic acids is 1. The fourth-order valence-corrected chi connectivity index (χ4v) is 6.25. The van der Waals surface area contributed by atoms with Crippen molar-refractivity contribution in [2.24, 2.45) is 5.92 Å². The smallest absolute Gasteiger partial charge is 0.257 e. The molecule has 1 N–H and O–H groups in total. The topological polar surface area (TPSA) is 102 Å². The summed E-state index contributed by atoms with van der Waals surface area (Å²) >= 11 is 1.28. The van der Waals surface area contributed by atoms with Gasteiger partial charge in [-0.1, -0.05) is 19.1 Å². The maximum absolute atomic E-state index is 12.9. The first-order valence-electron chi connectivity index (χ1n) is 11.3. The van der Waals surface area contributed by atoms with Gasteiger partial charge in [0.25, 0.3) is 5.91 Å². The summed E-state index contributed by atoms with van der Waals surface area (Å²) in [6, 6.07) is 13.5. The van der Waals surface area contributed by atoms with Gasteiger partial charge in [-0.05, 0) is 55.2 Å². The van der Waals surface area contributed by atoms with Gasteiger partial charge in [0.2, 0.25) is 10.0 Å². The molecule has 10 heteroatoms. The maximum atomic E-state index is 12.9. The number of para-hydroxylation sites is 1. The molecule has 3 heterocycles. The third-order valence-corrected chi connectivity index (χ3v) is 8.87. The van der Waals surface area contributed by atoms with Gasteiger partial charge in [0.1, 0.15) is 5.69 Å². The number of benzene rings is 2. The highest BCUT2D eigenvalue weighted by Crippen LogP contribution is 2.34. The molecule has 5 rings (SSSR count). The number of aromatic nitrogens is 1. The number of amides is 1. The lowest BCUT2D eigenvalue weighted by molar-refractivity contribution is 0.102. The molecule has 2 aromatic heterocycles. The van der Waals surface area contributed by atoms with Crippen LogP contribution in [-0.4, -0.2) is 43.8 Å². The number of fused-ring (bicyclic) bond motifs is 1. The van der Waals surface area contributed by atoms with Crippen molar-refractivity contribution in [2.75, 3.05) is 25.5 Å². The number of nitrogens with zero attached hydrogens (tertiary/aromatic N) is 2. The van der Waals surface area contributed by atoms with Crippen LogP contribution in [0, 0.1) is 5.92 Å². The van der Waals surface area contributed by atoms with Crippen LogP contribution in [-0.2, 0) is 10.0 Å². The number of carbonyl (C=O) groups is 1. The number of anilines is 1. The summed E-state index contributed by atoms with van der Waals surface area (Å²) in [5.74, 6) is 1.38. The Labute approximate surface area is 207 Å². The Kier molecular flexibility index (Phi) is 6.35. The van der Waals surface area contributed by atoms with Crippen LogP contribution < -0.4 is 10.1 Å². The quantitative estimate of drug-likeness (QED) is 0.380. The molecular formula is C25H25N3O5S2. The number of furan rings is 1. The largest absolute Gasteiger partial charge is 0.493 e. The monoisotopic (exact) mass is 511 g/mol. The van der Waals surface area contributed by atoms with E-state index in [-0.39, 0.29) is 10.8 Å². The summed E-state index contributed by atoms with van der Waals surface area (Å²) in [6.07, 6.45) is 1.72. The zero-order valence-corrected chi connectivity index (χ0v) is 21.0. The molecule has 1 fully saturated rings. The van der Waals surface area contributed by atoms with Crippen LogP contribution in [0.2, 0.25) is 0 Å². The molecule has 8 nitrogen and oxygen atoms in total. The minimum absolute atomic E-state index is 0.195. The van der Waals surface area contributed by atoms with E-state index in [2.05, 4.69) is 17.2 Å². The zero-order valence-electron chi connectivity index (χ0n) is 19.4. The van der Waals surface area contributed by atoms with E-state index in [0.717, 1.165) is 18.2 Å². The Hall–Kier alpha value is -3.21. The van der Waals surface area contributed by atoms with Crippen molar-refractivity contribution in [1.82, 2.24) is 9.29 Å². The Balaban J connectivity index is 1.28. The van der Waals surface area contributed by atoms with Gasteiger partial charge < -0.3 is 9.15 Å². The van der Waals surface area contributed by atoms with Crippen LogP contribution in [0.15, 0.2) is 63.2 Å². The summed E-state index contributed by atoms with van der Waals surface area (Å²) in [7, 11) is -1.97. The van der Waals surface area contributed by atoms with Gasteiger partial charge in [-0.3, -0.25) is 10.1 Å². The summed E-state index contributed by atoms with van der Waals surface area (Å²) in [5, 5.41) is 5.88. The van der Waals surface area contributed by atoms with Gasteiger partial charge in [-0.25, -0.2) is 13.4 Å². The summed E-state index contributed by atoms with van der Waals surface area (Å²) in [6.45, 7) is 3.18. The van der Waals surface area contributed by atoms with Crippen molar-refractivity contribution in [1.29, 1.82) is 0 Å². The van der Waals surface area contributed by atoms with Gasteiger partial charge in [-0.2, -0.15) is 4.31 Å². The fourth-order valence-electron chi connectivity index (χ4n) is 4.09. The number of rotatable bonds is 6. The van der Waals surface area contributed by atoms with Crippen molar-refractivity contribution >= 4 is 43.4 Å². The SMILES string of the molecule is COc1cccc2cc(-c3csc(NC(=O)c4ccc(S(=O)(=O)N5CCC(C)CC5)cc4)n3)oc12. The van der Waals surface area contributed by atoms with Crippen LogP contribution in [0.4, 0.5) is 5.13 Å². The van der Waals surface area contributed by atoms with E-state index in [1.165, 1.54) is 39.9 Å². The molecular weight excluding hydrogens is 486 g/mol. The van der Waals surface area contributed by atoms with Gasteiger partial charge in [-0.15, -0.1) is 11.3 Å². The number of methoxy groups -OCH3 is 1. The highest BCUT2D eigenvalue weighted by molar-refractivity contribution is 7.89. The van der Waals surface area contributed by atoms with E-state index < -0.39 is 10.0 Å². The molecule has 0 bridgehead atoms. The lowest BCUT2D eigenvalue weighted by Crippen LogP contribution is -2.37. The minimum atomic E-state index is -3.56. The highest BCUT2D eigenvalue weighted by atomic mass is 32.2. The molecule has 0 unspecified atom stereocenters. The molecule has 182 valence electrons. The number of ether oxygens (including phenoxy) is 1. The van der Waals surface area contributed by atoms with Gasteiger partial charge in [0.05, 0.1) is 12.0 Å². The first kappa shape index (κ1) is 23.5. The molecule has 2 aromatic carbocycles. The minimum Gasteiger partial charge on any atom is -0.493 e. The second kappa shape index (κ2) is 9.44. The van der Waals surface area contributed by atoms with E-state index in [0.29, 0.717) is 52.5 Å². The van der Waals surface area contributed by atoms with Crippen molar-refractivity contribution in [3.63, 3.8) is 0 Å². The van der Waals surface area contributed by atoms with E-state index >= 15 is 0 Å². The second-order valence-electron chi connectivity index (χ2n) is 8.59. The van der Waals surface area contributed by atoms with E-state index in [1.807, 2.05) is 24.3 Å². The summed E-state index contributed by atoms with van der Waals surface area (Å²) in [5.41, 5.74) is 1.58. The molecule has 0 radical (unpaired) electrons. The second-order valence-corrected chi connectivity index (χ2v) is 11.4. The van der Waals surface area contributed by atoms with Crippen LogP contribution in [0.1, 0.15) is 30.1 Å². The molecule has 0 atom stereocenters. The molecule has 1 aliphatic rings. The van der Waals surface area contributed by atoms with E-state index in [9.17, 15) is 13.2 Å². The predicted molar refractivity (Wildman–Crippen MR) is 135 cm³/mol. The number of piperidine rings is 1. The molecule has 0 aliphatic carbocycles. The van der Waals surface area contributed by atoms with Crippen molar-refractivity contribution < 1.29 is 22.4 Å². The van der Waals surface area contributed by atoms with Crippen LogP contribution in [0.3, 0.4) is 0 Å². The third kappa shape index (κ3) is 4.69. The summed E-state index contributed by atoms with van der Waals surface area (Å²) < 4.78 is 38.6.